The number of nitrogens with zero attached hydrogens (tertiary/aromatic N) is 1. The lowest BCUT2D eigenvalue weighted by Gasteiger charge is -2.38. The maximum atomic E-state index is 5.65. The summed E-state index contributed by atoms with van der Waals surface area (Å²) >= 11 is 3.61. The lowest BCUT2D eigenvalue weighted by Crippen LogP contribution is -2.44. The number of hydrogen-bond donors (Lipinski definition) is 1. The van der Waals surface area contributed by atoms with Crippen molar-refractivity contribution in [3.8, 4) is 0 Å². The first-order chi connectivity index (χ1) is 10.2. The predicted octanol–water partition coefficient (Wildman–Crippen LogP) is 3.81. The third-order valence-corrected chi connectivity index (χ3v) is 4.82. The molecule has 1 saturated heterocycles. The Hall–Kier alpha value is -0.580. The summed E-state index contributed by atoms with van der Waals surface area (Å²) in [5, 5.41) is 3.51. The number of ether oxygens (including phenoxy) is 1. The van der Waals surface area contributed by atoms with Crippen LogP contribution in [0.5, 0.6) is 0 Å². The summed E-state index contributed by atoms with van der Waals surface area (Å²) < 4.78 is 6.80. The molecule has 0 radical (unpaired) electrons. The molecule has 2 rings (SSSR count). The first kappa shape index (κ1) is 16.8. The molecule has 1 heterocycles. The van der Waals surface area contributed by atoms with Gasteiger partial charge in [-0.25, -0.2) is 0 Å². The zero-order chi connectivity index (χ0) is 15.2. The van der Waals surface area contributed by atoms with Gasteiger partial charge in [-0.05, 0) is 43.0 Å². The molecule has 0 spiro atoms. The molecule has 118 valence electrons. The highest BCUT2D eigenvalue weighted by Gasteiger charge is 2.27. The first-order valence-electron chi connectivity index (χ1n) is 7.92. The van der Waals surface area contributed by atoms with Gasteiger partial charge >= 0.3 is 0 Å². The molecule has 0 aromatic heterocycles. The van der Waals surface area contributed by atoms with E-state index >= 15 is 0 Å². The second-order valence-electron chi connectivity index (χ2n) is 5.94. The fourth-order valence-corrected chi connectivity index (χ4v) is 3.29. The third kappa shape index (κ3) is 4.44. The molecule has 2 atom stereocenters. The molecule has 0 amide bonds. The minimum atomic E-state index is 0.328. The largest absolute Gasteiger partial charge is 0.379 e. The molecule has 3 nitrogen and oxygen atoms in total. The number of benzene rings is 1. The van der Waals surface area contributed by atoms with Gasteiger partial charge in [0.2, 0.25) is 0 Å². The van der Waals surface area contributed by atoms with Gasteiger partial charge in [0.25, 0.3) is 0 Å². The molecule has 21 heavy (non-hydrogen) atoms. The molecule has 1 aromatic rings. The van der Waals surface area contributed by atoms with Crippen LogP contribution in [0.3, 0.4) is 0 Å². The number of piperidine rings is 1. The Morgan fingerprint density at radius 3 is 2.95 bits per heavy atom. The highest BCUT2D eigenvalue weighted by atomic mass is 79.9. The van der Waals surface area contributed by atoms with E-state index < -0.39 is 0 Å². The van der Waals surface area contributed by atoms with Gasteiger partial charge in [0.15, 0.2) is 0 Å². The molecule has 1 fully saturated rings. The number of methoxy groups -OCH3 is 1. The van der Waals surface area contributed by atoms with Gasteiger partial charge in [0.05, 0.1) is 6.10 Å². The summed E-state index contributed by atoms with van der Waals surface area (Å²) in [6, 6.07) is 6.60. The molecule has 0 aliphatic carbocycles. The molecule has 1 aromatic carbocycles. The number of rotatable bonds is 6. The van der Waals surface area contributed by atoms with Crippen molar-refractivity contribution in [2.45, 2.75) is 39.3 Å². The van der Waals surface area contributed by atoms with Crippen molar-refractivity contribution < 1.29 is 4.74 Å². The fraction of sp³-hybridized carbons (Fsp3) is 0.647. The van der Waals surface area contributed by atoms with Crippen LogP contribution in [-0.4, -0.2) is 32.8 Å². The van der Waals surface area contributed by atoms with Crippen LogP contribution in [0, 0.1) is 5.92 Å². The molecular weight excluding hydrogens is 328 g/mol. The van der Waals surface area contributed by atoms with E-state index in [2.05, 4.69) is 58.2 Å². The molecule has 1 aliphatic rings. The molecule has 0 bridgehead atoms. The van der Waals surface area contributed by atoms with E-state index in [-0.39, 0.29) is 0 Å². The van der Waals surface area contributed by atoms with Crippen LogP contribution in [0.2, 0.25) is 0 Å². The van der Waals surface area contributed by atoms with E-state index in [1.807, 2.05) is 7.11 Å². The Morgan fingerprint density at radius 1 is 1.43 bits per heavy atom. The second-order valence-corrected chi connectivity index (χ2v) is 6.85. The van der Waals surface area contributed by atoms with E-state index in [0.29, 0.717) is 12.0 Å². The van der Waals surface area contributed by atoms with Crippen molar-refractivity contribution in [2.75, 3.05) is 31.6 Å². The van der Waals surface area contributed by atoms with E-state index in [1.165, 1.54) is 24.1 Å². The Labute approximate surface area is 137 Å². The molecular formula is C17H27BrN2O. The number of hydrogen-bond acceptors (Lipinski definition) is 3. The van der Waals surface area contributed by atoms with Crippen LogP contribution in [0.1, 0.15) is 32.3 Å². The average Bonchev–Trinajstić information content (AvgIpc) is 2.49. The average molecular weight is 355 g/mol. The van der Waals surface area contributed by atoms with E-state index in [1.54, 1.807) is 0 Å². The van der Waals surface area contributed by atoms with Gasteiger partial charge in [-0.1, -0.05) is 35.8 Å². The van der Waals surface area contributed by atoms with Crippen LogP contribution < -0.4 is 10.2 Å². The number of halogens is 1. The Kier molecular flexibility index (Phi) is 6.52. The quantitative estimate of drug-likeness (QED) is 0.786. The monoisotopic (exact) mass is 354 g/mol. The molecule has 2 unspecified atom stereocenters. The topological polar surface area (TPSA) is 24.5 Å². The lowest BCUT2D eigenvalue weighted by molar-refractivity contribution is 0.0498. The lowest BCUT2D eigenvalue weighted by atomic mass is 9.95. The van der Waals surface area contributed by atoms with Gasteiger partial charge in [0.1, 0.15) is 0 Å². The number of nitrogens with one attached hydrogen (secondary N) is 1. The van der Waals surface area contributed by atoms with Gasteiger partial charge in [0, 0.05) is 36.9 Å². The van der Waals surface area contributed by atoms with Crippen LogP contribution in [-0.2, 0) is 11.3 Å². The van der Waals surface area contributed by atoms with E-state index in [0.717, 1.165) is 30.7 Å². The number of anilines is 1. The van der Waals surface area contributed by atoms with Crippen LogP contribution in [0.4, 0.5) is 5.69 Å². The SMILES string of the molecule is CCCNCc1ccc(Br)cc1N1CCC(C)C(OC)C1. The summed E-state index contributed by atoms with van der Waals surface area (Å²) in [7, 11) is 1.83. The summed E-state index contributed by atoms with van der Waals surface area (Å²) in [5.41, 5.74) is 2.71. The summed E-state index contributed by atoms with van der Waals surface area (Å²) in [5.74, 6) is 0.639. The highest BCUT2D eigenvalue weighted by Crippen LogP contribution is 2.30. The third-order valence-electron chi connectivity index (χ3n) is 4.32. The molecule has 0 saturated carbocycles. The van der Waals surface area contributed by atoms with Crippen molar-refractivity contribution in [3.05, 3.63) is 28.2 Å². The van der Waals surface area contributed by atoms with Gasteiger partial charge < -0.3 is 15.0 Å². The molecule has 1 N–H and O–H groups in total. The summed E-state index contributed by atoms with van der Waals surface area (Å²) in [6.07, 6.45) is 2.68. The van der Waals surface area contributed by atoms with Gasteiger partial charge in [-0.3, -0.25) is 0 Å². The van der Waals surface area contributed by atoms with E-state index in [9.17, 15) is 0 Å². The summed E-state index contributed by atoms with van der Waals surface area (Å²) in [4.78, 5) is 2.47. The maximum absolute atomic E-state index is 5.65. The normalized spacial score (nSPS) is 22.6. The Morgan fingerprint density at radius 2 is 2.24 bits per heavy atom. The van der Waals surface area contributed by atoms with Crippen molar-refractivity contribution in [2.24, 2.45) is 5.92 Å². The van der Waals surface area contributed by atoms with E-state index in [4.69, 9.17) is 4.74 Å². The second kappa shape index (κ2) is 8.16. The van der Waals surface area contributed by atoms with Crippen molar-refractivity contribution in [1.29, 1.82) is 0 Å². The van der Waals surface area contributed by atoms with Crippen molar-refractivity contribution in [3.63, 3.8) is 0 Å². The Balaban J connectivity index is 2.15. The van der Waals surface area contributed by atoms with Crippen molar-refractivity contribution in [1.82, 2.24) is 5.32 Å². The predicted molar refractivity (Wildman–Crippen MR) is 92.9 cm³/mol. The minimum absolute atomic E-state index is 0.328. The van der Waals surface area contributed by atoms with Crippen LogP contribution in [0.25, 0.3) is 0 Å². The standard InChI is InChI=1S/C17H27BrN2O/c1-4-8-19-11-14-5-6-15(18)10-16(14)20-9-7-13(2)17(12-20)21-3/h5-6,10,13,17,19H,4,7-9,11-12H2,1-3H3. The molecule has 4 heteroatoms. The minimum Gasteiger partial charge on any atom is -0.379 e. The van der Waals surface area contributed by atoms with Crippen LogP contribution in [0.15, 0.2) is 22.7 Å². The zero-order valence-corrected chi connectivity index (χ0v) is 14.9. The maximum Gasteiger partial charge on any atom is 0.0772 e. The molecule has 1 aliphatic heterocycles. The smallest absolute Gasteiger partial charge is 0.0772 e. The van der Waals surface area contributed by atoms with Crippen molar-refractivity contribution >= 4 is 21.6 Å². The Bertz CT molecular complexity index is 452. The first-order valence-corrected chi connectivity index (χ1v) is 8.71. The highest BCUT2D eigenvalue weighted by molar-refractivity contribution is 9.10. The van der Waals surface area contributed by atoms with Gasteiger partial charge in [-0.15, -0.1) is 0 Å². The summed E-state index contributed by atoms with van der Waals surface area (Å²) in [6.45, 7) is 8.57. The van der Waals surface area contributed by atoms with Crippen LogP contribution >= 0.6 is 15.9 Å². The van der Waals surface area contributed by atoms with Gasteiger partial charge in [-0.2, -0.15) is 0 Å². The zero-order valence-electron chi connectivity index (χ0n) is 13.4. The fourth-order valence-electron chi connectivity index (χ4n) is 2.94.